The first-order chi connectivity index (χ1) is 7.63. The van der Waals surface area contributed by atoms with E-state index in [9.17, 15) is 9.18 Å². The predicted octanol–water partition coefficient (Wildman–Crippen LogP) is 4.17. The van der Waals surface area contributed by atoms with Crippen molar-refractivity contribution in [2.45, 2.75) is 39.0 Å². The number of ketones is 1. The highest BCUT2D eigenvalue weighted by atomic mass is 35.5. The molecule has 0 N–H and O–H groups in total. The first kappa shape index (κ1) is 13.2. The van der Waals surface area contributed by atoms with Gasteiger partial charge in [-0.05, 0) is 24.1 Å². The van der Waals surface area contributed by atoms with Gasteiger partial charge in [-0.3, -0.25) is 4.79 Å². The monoisotopic (exact) mass is 242 g/mol. The number of unbranched alkanes of at least 4 members (excludes halogenated alkanes) is 2. The molecule has 1 aromatic rings. The molecule has 0 aliphatic rings. The number of carbonyl (C=O) groups excluding carboxylic acids is 1. The summed E-state index contributed by atoms with van der Waals surface area (Å²) >= 11 is 5.63. The smallest absolute Gasteiger partial charge is 0.137 e. The minimum absolute atomic E-state index is 0.0923. The Bertz CT molecular complexity index is 363. The highest BCUT2D eigenvalue weighted by Crippen LogP contribution is 2.16. The summed E-state index contributed by atoms with van der Waals surface area (Å²) in [5.41, 5.74) is 0.436. The molecule has 0 heterocycles. The van der Waals surface area contributed by atoms with Gasteiger partial charge in [-0.1, -0.05) is 37.4 Å². The van der Waals surface area contributed by atoms with Crippen molar-refractivity contribution < 1.29 is 9.18 Å². The second-order valence-electron chi connectivity index (χ2n) is 3.91. The Morgan fingerprint density at radius 2 is 2.12 bits per heavy atom. The van der Waals surface area contributed by atoms with Crippen molar-refractivity contribution in [3.63, 3.8) is 0 Å². The molecular formula is C13H16ClFO. The van der Waals surface area contributed by atoms with E-state index >= 15 is 0 Å². The third-order valence-electron chi connectivity index (χ3n) is 2.46. The van der Waals surface area contributed by atoms with Gasteiger partial charge in [-0.15, -0.1) is 0 Å². The Hall–Kier alpha value is -0.890. The maximum atomic E-state index is 13.4. The van der Waals surface area contributed by atoms with E-state index in [4.69, 9.17) is 11.6 Å². The molecule has 0 saturated carbocycles. The highest BCUT2D eigenvalue weighted by molar-refractivity contribution is 6.30. The lowest BCUT2D eigenvalue weighted by atomic mass is 10.0. The molecule has 0 aliphatic heterocycles. The largest absolute Gasteiger partial charge is 0.299 e. The molecule has 0 unspecified atom stereocenters. The minimum Gasteiger partial charge on any atom is -0.299 e. The van der Waals surface area contributed by atoms with Crippen LogP contribution in [0.4, 0.5) is 4.39 Å². The molecule has 0 spiro atoms. The second kappa shape index (κ2) is 6.64. The average Bonchev–Trinajstić information content (AvgIpc) is 2.23. The molecule has 0 amide bonds. The summed E-state index contributed by atoms with van der Waals surface area (Å²) in [6.07, 6.45) is 3.74. The fourth-order valence-corrected chi connectivity index (χ4v) is 1.70. The van der Waals surface area contributed by atoms with Crippen molar-refractivity contribution >= 4 is 17.4 Å². The summed E-state index contributed by atoms with van der Waals surface area (Å²) in [4.78, 5) is 11.5. The van der Waals surface area contributed by atoms with Crippen LogP contribution in [-0.2, 0) is 11.2 Å². The van der Waals surface area contributed by atoms with Crippen LogP contribution in [0.15, 0.2) is 18.2 Å². The summed E-state index contributed by atoms with van der Waals surface area (Å²) in [6.45, 7) is 2.09. The van der Waals surface area contributed by atoms with Gasteiger partial charge >= 0.3 is 0 Å². The molecule has 0 bridgehead atoms. The zero-order valence-electron chi connectivity index (χ0n) is 9.43. The van der Waals surface area contributed by atoms with Crippen LogP contribution < -0.4 is 0 Å². The predicted molar refractivity (Wildman–Crippen MR) is 64.3 cm³/mol. The topological polar surface area (TPSA) is 17.1 Å². The third-order valence-corrected chi connectivity index (χ3v) is 2.70. The van der Waals surface area contributed by atoms with E-state index in [1.165, 1.54) is 6.07 Å². The van der Waals surface area contributed by atoms with Crippen LogP contribution in [0.1, 0.15) is 38.2 Å². The summed E-state index contributed by atoms with van der Waals surface area (Å²) in [6, 6.07) is 4.44. The molecule has 3 heteroatoms. The number of carbonyl (C=O) groups is 1. The van der Waals surface area contributed by atoms with Crippen molar-refractivity contribution in [1.29, 1.82) is 0 Å². The summed E-state index contributed by atoms with van der Waals surface area (Å²) in [5, 5.41) is 0.361. The fraction of sp³-hybridized carbons (Fsp3) is 0.462. The summed E-state index contributed by atoms with van der Waals surface area (Å²) in [5.74, 6) is -0.300. The maximum Gasteiger partial charge on any atom is 0.137 e. The molecule has 1 aromatic carbocycles. The van der Waals surface area contributed by atoms with Crippen molar-refractivity contribution in [2.75, 3.05) is 0 Å². The zero-order valence-corrected chi connectivity index (χ0v) is 10.2. The Kier molecular flexibility index (Phi) is 5.47. The quantitative estimate of drug-likeness (QED) is 0.685. The van der Waals surface area contributed by atoms with Crippen molar-refractivity contribution in [3.8, 4) is 0 Å². The van der Waals surface area contributed by atoms with Crippen LogP contribution >= 0.6 is 11.6 Å². The third kappa shape index (κ3) is 4.31. The molecule has 0 aromatic heterocycles. The van der Waals surface area contributed by atoms with Gasteiger partial charge in [0.05, 0.1) is 0 Å². The van der Waals surface area contributed by atoms with E-state index in [0.29, 0.717) is 17.0 Å². The maximum absolute atomic E-state index is 13.4. The van der Waals surface area contributed by atoms with Gasteiger partial charge in [-0.25, -0.2) is 4.39 Å². The lowest BCUT2D eigenvalue weighted by Gasteiger charge is -2.03. The molecule has 0 aliphatic carbocycles. The Morgan fingerprint density at radius 3 is 2.75 bits per heavy atom. The van der Waals surface area contributed by atoms with Crippen LogP contribution in [0.3, 0.4) is 0 Å². The normalized spacial score (nSPS) is 10.4. The average molecular weight is 243 g/mol. The number of hydrogen-bond donors (Lipinski definition) is 0. The van der Waals surface area contributed by atoms with Gasteiger partial charge in [0, 0.05) is 17.9 Å². The number of Topliss-reactive ketones (excluding diaryl/α,β-unsaturated/α-hetero) is 1. The van der Waals surface area contributed by atoms with Crippen LogP contribution in [0.5, 0.6) is 0 Å². The number of benzene rings is 1. The van der Waals surface area contributed by atoms with Crippen molar-refractivity contribution in [2.24, 2.45) is 0 Å². The standard InChI is InChI=1S/C13H16ClFO/c1-2-3-4-5-12(16)8-10-6-7-11(14)9-13(10)15/h6-7,9H,2-5,8H2,1H3. The Balaban J connectivity index is 2.49. The van der Waals surface area contributed by atoms with E-state index in [0.717, 1.165) is 19.3 Å². The molecule has 88 valence electrons. The molecule has 0 atom stereocenters. The van der Waals surface area contributed by atoms with E-state index in [1.54, 1.807) is 12.1 Å². The van der Waals surface area contributed by atoms with E-state index < -0.39 is 5.82 Å². The van der Waals surface area contributed by atoms with E-state index in [1.807, 2.05) is 0 Å². The molecule has 0 saturated heterocycles. The van der Waals surface area contributed by atoms with Gasteiger partial charge in [0.1, 0.15) is 11.6 Å². The highest BCUT2D eigenvalue weighted by Gasteiger charge is 2.08. The molecule has 16 heavy (non-hydrogen) atoms. The molecule has 1 nitrogen and oxygen atoms in total. The zero-order chi connectivity index (χ0) is 12.0. The minimum atomic E-state index is -0.392. The van der Waals surface area contributed by atoms with Crippen LogP contribution in [0.2, 0.25) is 5.02 Å². The van der Waals surface area contributed by atoms with Gasteiger partial charge in [-0.2, -0.15) is 0 Å². The SMILES string of the molecule is CCCCCC(=O)Cc1ccc(Cl)cc1F. The van der Waals surface area contributed by atoms with Crippen molar-refractivity contribution in [1.82, 2.24) is 0 Å². The summed E-state index contributed by atoms with van der Waals surface area (Å²) < 4.78 is 13.4. The molecule has 0 radical (unpaired) electrons. The van der Waals surface area contributed by atoms with Gasteiger partial charge in [0.15, 0.2) is 0 Å². The van der Waals surface area contributed by atoms with Gasteiger partial charge in [0.25, 0.3) is 0 Å². The fourth-order valence-electron chi connectivity index (χ4n) is 1.54. The van der Waals surface area contributed by atoms with E-state index in [2.05, 4.69) is 6.92 Å². The number of hydrogen-bond acceptors (Lipinski definition) is 1. The molecule has 0 fully saturated rings. The summed E-state index contributed by atoms with van der Waals surface area (Å²) in [7, 11) is 0. The Morgan fingerprint density at radius 1 is 1.38 bits per heavy atom. The lowest BCUT2D eigenvalue weighted by Crippen LogP contribution is -2.04. The molecule has 1 rings (SSSR count). The lowest BCUT2D eigenvalue weighted by molar-refractivity contribution is -0.118. The number of halogens is 2. The first-order valence-corrected chi connectivity index (χ1v) is 5.97. The van der Waals surface area contributed by atoms with Crippen LogP contribution in [-0.4, -0.2) is 5.78 Å². The van der Waals surface area contributed by atoms with E-state index in [-0.39, 0.29) is 12.2 Å². The van der Waals surface area contributed by atoms with Gasteiger partial charge < -0.3 is 0 Å². The van der Waals surface area contributed by atoms with Gasteiger partial charge in [0.2, 0.25) is 0 Å². The molecular weight excluding hydrogens is 227 g/mol. The number of rotatable bonds is 6. The van der Waals surface area contributed by atoms with Crippen LogP contribution in [0.25, 0.3) is 0 Å². The Labute approximate surface area is 101 Å². The van der Waals surface area contributed by atoms with Crippen LogP contribution in [0, 0.1) is 5.82 Å². The van der Waals surface area contributed by atoms with Crippen molar-refractivity contribution in [3.05, 3.63) is 34.6 Å². The first-order valence-electron chi connectivity index (χ1n) is 5.59. The second-order valence-corrected chi connectivity index (χ2v) is 4.34.